The van der Waals surface area contributed by atoms with Crippen LogP contribution >= 0.6 is 11.8 Å². The Bertz CT molecular complexity index is 415. The molecule has 0 aliphatic carbocycles. The lowest BCUT2D eigenvalue weighted by Crippen LogP contribution is -1.88. The van der Waals surface area contributed by atoms with E-state index in [0.29, 0.717) is 5.82 Å². The summed E-state index contributed by atoms with van der Waals surface area (Å²) in [4.78, 5) is 6.27. The Labute approximate surface area is 87.2 Å². The van der Waals surface area contributed by atoms with Crippen LogP contribution in [0.4, 0.5) is 5.82 Å². The number of nitrogens with zero attached hydrogens (tertiary/aromatic N) is 1. The van der Waals surface area contributed by atoms with Gasteiger partial charge in [-0.3, -0.25) is 0 Å². The van der Waals surface area contributed by atoms with Gasteiger partial charge in [-0.25, -0.2) is 4.98 Å². The van der Waals surface area contributed by atoms with E-state index in [2.05, 4.69) is 17.1 Å². The van der Waals surface area contributed by atoms with Crippen molar-refractivity contribution in [2.24, 2.45) is 0 Å². The fraction of sp³-hybridized carbons (Fsp3) is 0. The number of hydrogen-bond acceptors (Lipinski definition) is 3. The molecule has 0 radical (unpaired) electrons. The first kappa shape index (κ1) is 9.09. The molecule has 14 heavy (non-hydrogen) atoms. The summed E-state index contributed by atoms with van der Waals surface area (Å²) in [5, 5.41) is 0. The van der Waals surface area contributed by atoms with Crippen molar-refractivity contribution < 1.29 is 0 Å². The van der Waals surface area contributed by atoms with Crippen molar-refractivity contribution in [1.82, 2.24) is 4.98 Å². The molecule has 70 valence electrons. The van der Waals surface area contributed by atoms with Crippen LogP contribution in [0, 0.1) is 0 Å². The minimum atomic E-state index is 0.561. The third kappa shape index (κ3) is 2.26. The second kappa shape index (κ2) is 4.15. The summed E-state index contributed by atoms with van der Waals surface area (Å²) in [6.07, 6.45) is 1.72. The van der Waals surface area contributed by atoms with E-state index in [4.69, 9.17) is 5.73 Å². The molecule has 2 nitrogen and oxygen atoms in total. The average Bonchev–Trinajstić information content (AvgIpc) is 2.19. The van der Waals surface area contributed by atoms with E-state index >= 15 is 0 Å². The van der Waals surface area contributed by atoms with Crippen LogP contribution in [0.1, 0.15) is 0 Å². The molecule has 0 spiro atoms. The first-order chi connectivity index (χ1) is 6.84. The van der Waals surface area contributed by atoms with Gasteiger partial charge in [0, 0.05) is 16.0 Å². The predicted octanol–water partition coefficient (Wildman–Crippen LogP) is 2.82. The van der Waals surface area contributed by atoms with E-state index in [1.165, 1.54) is 4.90 Å². The maximum Gasteiger partial charge on any atom is 0.124 e. The highest BCUT2D eigenvalue weighted by molar-refractivity contribution is 7.99. The molecule has 0 bridgehead atoms. The Kier molecular flexibility index (Phi) is 2.70. The third-order valence-corrected chi connectivity index (χ3v) is 2.73. The van der Waals surface area contributed by atoms with Gasteiger partial charge in [-0.15, -0.1) is 0 Å². The second-order valence-electron chi connectivity index (χ2n) is 2.83. The Morgan fingerprint density at radius 1 is 1.00 bits per heavy atom. The summed E-state index contributed by atoms with van der Waals surface area (Å²) in [7, 11) is 0. The van der Waals surface area contributed by atoms with Crippen molar-refractivity contribution in [3.05, 3.63) is 48.7 Å². The number of hydrogen-bond donors (Lipinski definition) is 1. The van der Waals surface area contributed by atoms with Crippen LogP contribution in [0.3, 0.4) is 0 Å². The molecular formula is C11H10N2S. The van der Waals surface area contributed by atoms with Gasteiger partial charge < -0.3 is 5.73 Å². The molecule has 0 aliphatic heterocycles. The van der Waals surface area contributed by atoms with E-state index < -0.39 is 0 Å². The molecular weight excluding hydrogens is 192 g/mol. The number of benzene rings is 1. The molecule has 0 atom stereocenters. The highest BCUT2D eigenvalue weighted by atomic mass is 32.2. The van der Waals surface area contributed by atoms with Crippen LogP contribution in [0.5, 0.6) is 0 Å². The summed E-state index contributed by atoms with van der Waals surface area (Å²) < 4.78 is 0. The lowest BCUT2D eigenvalue weighted by Gasteiger charge is -2.01. The molecule has 0 unspecified atom stereocenters. The van der Waals surface area contributed by atoms with E-state index in [0.717, 1.165) is 4.90 Å². The lowest BCUT2D eigenvalue weighted by molar-refractivity contribution is 1.27. The number of aromatic nitrogens is 1. The van der Waals surface area contributed by atoms with E-state index in [-0.39, 0.29) is 0 Å². The first-order valence-electron chi connectivity index (χ1n) is 4.29. The summed E-state index contributed by atoms with van der Waals surface area (Å²) in [6, 6.07) is 14.0. The van der Waals surface area contributed by atoms with E-state index in [1.807, 2.05) is 30.3 Å². The maximum atomic E-state index is 5.59. The number of nitrogen functional groups attached to an aromatic ring is 1. The SMILES string of the molecule is Nc1cc(Sc2ccccc2)ccn1. The molecule has 1 aromatic heterocycles. The molecule has 1 heterocycles. The summed E-state index contributed by atoms with van der Waals surface area (Å²) in [5.41, 5.74) is 5.59. The largest absolute Gasteiger partial charge is 0.384 e. The molecule has 0 saturated heterocycles. The van der Waals surface area contributed by atoms with Gasteiger partial charge in [0.25, 0.3) is 0 Å². The lowest BCUT2D eigenvalue weighted by atomic mass is 10.4. The highest BCUT2D eigenvalue weighted by Crippen LogP contribution is 2.27. The van der Waals surface area contributed by atoms with Crippen LogP contribution in [-0.2, 0) is 0 Å². The molecule has 0 saturated carbocycles. The molecule has 0 fully saturated rings. The molecule has 2 aromatic rings. The van der Waals surface area contributed by atoms with Crippen LogP contribution in [0.25, 0.3) is 0 Å². The van der Waals surface area contributed by atoms with Crippen molar-refractivity contribution in [1.29, 1.82) is 0 Å². The molecule has 2 rings (SSSR count). The summed E-state index contributed by atoms with van der Waals surface area (Å²) in [6.45, 7) is 0. The topological polar surface area (TPSA) is 38.9 Å². The van der Waals surface area contributed by atoms with Gasteiger partial charge in [0.1, 0.15) is 5.82 Å². The standard InChI is InChI=1S/C11H10N2S/c12-11-8-10(6-7-13-11)14-9-4-2-1-3-5-9/h1-8H,(H2,12,13). The predicted molar refractivity (Wildman–Crippen MR) is 59.2 cm³/mol. The van der Waals surface area contributed by atoms with E-state index in [9.17, 15) is 0 Å². The van der Waals surface area contributed by atoms with Crippen LogP contribution in [0.15, 0.2) is 58.5 Å². The quantitative estimate of drug-likeness (QED) is 0.813. The molecule has 1 aromatic carbocycles. The Morgan fingerprint density at radius 2 is 1.79 bits per heavy atom. The Morgan fingerprint density at radius 3 is 2.50 bits per heavy atom. The maximum absolute atomic E-state index is 5.59. The minimum absolute atomic E-state index is 0.561. The van der Waals surface area contributed by atoms with Crippen LogP contribution < -0.4 is 5.73 Å². The van der Waals surface area contributed by atoms with Gasteiger partial charge in [-0.1, -0.05) is 30.0 Å². The minimum Gasteiger partial charge on any atom is -0.384 e. The zero-order chi connectivity index (χ0) is 9.80. The highest BCUT2D eigenvalue weighted by Gasteiger charge is 1.96. The number of pyridine rings is 1. The Hall–Kier alpha value is -1.48. The monoisotopic (exact) mass is 202 g/mol. The normalized spacial score (nSPS) is 10.0. The number of anilines is 1. The van der Waals surface area contributed by atoms with Crippen LogP contribution in [0.2, 0.25) is 0 Å². The number of rotatable bonds is 2. The molecule has 3 heteroatoms. The van der Waals surface area contributed by atoms with Crippen molar-refractivity contribution in [2.45, 2.75) is 9.79 Å². The summed E-state index contributed by atoms with van der Waals surface area (Å²) in [5.74, 6) is 0.561. The molecule has 0 amide bonds. The van der Waals surface area contributed by atoms with Crippen molar-refractivity contribution in [3.8, 4) is 0 Å². The van der Waals surface area contributed by atoms with Gasteiger partial charge in [0.2, 0.25) is 0 Å². The third-order valence-electron chi connectivity index (χ3n) is 1.73. The van der Waals surface area contributed by atoms with Gasteiger partial charge in [-0.05, 0) is 24.3 Å². The van der Waals surface area contributed by atoms with Crippen molar-refractivity contribution in [3.63, 3.8) is 0 Å². The zero-order valence-corrected chi connectivity index (χ0v) is 8.37. The fourth-order valence-electron chi connectivity index (χ4n) is 1.12. The van der Waals surface area contributed by atoms with Gasteiger partial charge >= 0.3 is 0 Å². The summed E-state index contributed by atoms with van der Waals surface area (Å²) >= 11 is 1.68. The molecule has 2 N–H and O–H groups in total. The van der Waals surface area contributed by atoms with E-state index in [1.54, 1.807) is 18.0 Å². The van der Waals surface area contributed by atoms with Crippen LogP contribution in [-0.4, -0.2) is 4.98 Å². The number of nitrogens with two attached hydrogens (primary N) is 1. The average molecular weight is 202 g/mol. The molecule has 0 aliphatic rings. The second-order valence-corrected chi connectivity index (χ2v) is 3.98. The zero-order valence-electron chi connectivity index (χ0n) is 7.55. The van der Waals surface area contributed by atoms with Gasteiger partial charge in [0.05, 0.1) is 0 Å². The fourth-order valence-corrected chi connectivity index (χ4v) is 1.99. The smallest absolute Gasteiger partial charge is 0.124 e. The Balaban J connectivity index is 2.19. The van der Waals surface area contributed by atoms with Gasteiger partial charge in [-0.2, -0.15) is 0 Å². The van der Waals surface area contributed by atoms with Crippen molar-refractivity contribution >= 4 is 17.6 Å². The van der Waals surface area contributed by atoms with Gasteiger partial charge in [0.15, 0.2) is 0 Å². The van der Waals surface area contributed by atoms with Crippen molar-refractivity contribution in [2.75, 3.05) is 5.73 Å². The first-order valence-corrected chi connectivity index (χ1v) is 5.11.